The molecule has 7 rings (SSSR count). The molecule has 18 atom stereocenters. The number of aliphatic hydroxyl groups is 7. The molecule has 3 unspecified atom stereocenters. The van der Waals surface area contributed by atoms with Crippen LogP contribution in [0.15, 0.2) is 11.6 Å². The molecule has 0 radical (unpaired) electrons. The topological polar surface area (TPSA) is 233 Å². The number of aliphatic carboxylic acids is 1. The number of ether oxygens (including phenoxy) is 4. The third-order valence-electron chi connectivity index (χ3n) is 17.0. The molecule has 0 aromatic carbocycles. The van der Waals surface area contributed by atoms with Crippen molar-refractivity contribution in [3.05, 3.63) is 11.6 Å². The highest BCUT2D eigenvalue weighted by molar-refractivity contribution is 5.85. The molecule has 318 valence electrons. The Balaban J connectivity index is 1.20. The van der Waals surface area contributed by atoms with Gasteiger partial charge in [0.05, 0.1) is 29.6 Å². The first-order chi connectivity index (χ1) is 26.0. The molecule has 8 N–H and O–H groups in total. The summed E-state index contributed by atoms with van der Waals surface area (Å²) in [4.78, 5) is 28.7. The minimum atomic E-state index is -1.74. The first-order valence-corrected chi connectivity index (χ1v) is 20.8. The molecule has 0 amide bonds. The SMILES string of the molecule is C[C@@H]1O[C@@H](O[C@H]2CC[C@@]3(C)C(CC[C@]4(C)C3CC=C3C5CC(C)(C)CC[C@]5(C(=O)O[C@@H]5O[C@H](CO)[C@@H](O)[C@H](O)[C@H]5O)CC[C@]34C(=O)O)C2(C)C)[C@H](O)[C@H](O)[C@H]1O. The van der Waals surface area contributed by atoms with Crippen molar-refractivity contribution in [2.24, 2.45) is 50.2 Å². The van der Waals surface area contributed by atoms with Gasteiger partial charge >= 0.3 is 11.9 Å². The van der Waals surface area contributed by atoms with Crippen LogP contribution in [-0.2, 0) is 28.5 Å². The van der Waals surface area contributed by atoms with Crippen LogP contribution >= 0.6 is 0 Å². The number of allylic oxidation sites excluding steroid dienone is 1. The highest BCUT2D eigenvalue weighted by atomic mass is 16.7. The fourth-order valence-corrected chi connectivity index (χ4v) is 13.6. The zero-order chi connectivity index (χ0) is 41.1. The Kier molecular flexibility index (Phi) is 10.8. The molecule has 0 aromatic rings. The molecule has 2 saturated heterocycles. The van der Waals surface area contributed by atoms with Crippen molar-refractivity contribution >= 4 is 11.9 Å². The van der Waals surface area contributed by atoms with Gasteiger partial charge in [-0.1, -0.05) is 53.2 Å². The fraction of sp³-hybridized carbons (Fsp3) is 0.905. The number of carbonyl (C=O) groups excluding carboxylic acids is 1. The van der Waals surface area contributed by atoms with Crippen molar-refractivity contribution in [2.45, 2.75) is 180 Å². The van der Waals surface area contributed by atoms with Gasteiger partial charge in [-0.2, -0.15) is 0 Å². The third kappa shape index (κ3) is 6.01. The van der Waals surface area contributed by atoms with Gasteiger partial charge in [-0.25, -0.2) is 0 Å². The molecular weight excluding hydrogens is 728 g/mol. The monoisotopic (exact) mass is 794 g/mol. The Hall–Kier alpha value is -1.72. The average Bonchev–Trinajstić information content (AvgIpc) is 3.13. The van der Waals surface area contributed by atoms with Crippen molar-refractivity contribution in [3.63, 3.8) is 0 Å². The molecule has 6 fully saturated rings. The fourth-order valence-electron chi connectivity index (χ4n) is 13.6. The summed E-state index contributed by atoms with van der Waals surface area (Å²) in [6.45, 7) is 14.1. The summed E-state index contributed by atoms with van der Waals surface area (Å²) in [6, 6.07) is 0. The highest BCUT2D eigenvalue weighted by Gasteiger charge is 2.73. The van der Waals surface area contributed by atoms with Crippen LogP contribution in [0, 0.1) is 50.2 Å². The highest BCUT2D eigenvalue weighted by Crippen LogP contribution is 2.76. The van der Waals surface area contributed by atoms with E-state index in [0.29, 0.717) is 38.5 Å². The van der Waals surface area contributed by atoms with Crippen molar-refractivity contribution in [1.82, 2.24) is 0 Å². The Bertz CT molecular complexity index is 1560. The normalized spacial score (nSPS) is 52.3. The standard InChI is InChI=1S/C42H66O14/c1-20-27(44)29(46)31(48)33(53-20)55-26-11-12-39(6)24(38(26,4)5)10-13-40(7)25(39)9-8-21-22-18-37(2,3)14-15-41(22,16-17-42(21,40)35(50)51)36(52)56-34-32(49)30(47)28(45)23(19-43)54-34/h8,20,22-34,43-49H,9-19H2,1-7H3,(H,50,51)/t20-,22?,23+,24?,25?,26-,27-,28+,29+,30-,31+,32+,33-,34-,39-,40+,41-,42+/m0/s1. The van der Waals surface area contributed by atoms with Gasteiger partial charge in [0, 0.05) is 0 Å². The zero-order valence-electron chi connectivity index (χ0n) is 34.0. The van der Waals surface area contributed by atoms with Gasteiger partial charge in [0.2, 0.25) is 6.29 Å². The smallest absolute Gasteiger partial charge is 0.315 e. The van der Waals surface area contributed by atoms with Crippen LogP contribution in [0.4, 0.5) is 0 Å². The quantitative estimate of drug-likeness (QED) is 0.110. The minimum absolute atomic E-state index is 0.00694. The van der Waals surface area contributed by atoms with Gasteiger partial charge in [-0.15, -0.1) is 0 Å². The summed E-state index contributed by atoms with van der Waals surface area (Å²) in [6.07, 6.45) is -6.40. The van der Waals surface area contributed by atoms with Crippen LogP contribution in [0.3, 0.4) is 0 Å². The lowest BCUT2D eigenvalue weighted by Gasteiger charge is -2.70. The molecule has 5 aliphatic carbocycles. The molecule has 0 aromatic heterocycles. The summed E-state index contributed by atoms with van der Waals surface area (Å²) >= 11 is 0. The number of esters is 1. The molecule has 14 heteroatoms. The number of aliphatic hydroxyl groups excluding tert-OH is 7. The van der Waals surface area contributed by atoms with E-state index in [9.17, 15) is 50.4 Å². The Morgan fingerprint density at radius 1 is 0.768 bits per heavy atom. The summed E-state index contributed by atoms with van der Waals surface area (Å²) < 4.78 is 23.8. The maximum Gasteiger partial charge on any atom is 0.315 e. The maximum atomic E-state index is 14.6. The van der Waals surface area contributed by atoms with Crippen LogP contribution in [-0.4, -0.2) is 127 Å². The summed E-state index contributed by atoms with van der Waals surface area (Å²) in [5, 5.41) is 84.4. The van der Waals surface area contributed by atoms with Crippen LogP contribution in [0.1, 0.15) is 113 Å². The van der Waals surface area contributed by atoms with E-state index in [1.807, 2.05) is 0 Å². The molecule has 56 heavy (non-hydrogen) atoms. The zero-order valence-corrected chi connectivity index (χ0v) is 34.0. The number of hydrogen-bond donors (Lipinski definition) is 8. The molecule has 7 aliphatic rings. The summed E-state index contributed by atoms with van der Waals surface area (Å²) in [7, 11) is 0. The van der Waals surface area contributed by atoms with Crippen molar-refractivity contribution in [2.75, 3.05) is 6.61 Å². The number of carboxylic acids is 1. The third-order valence-corrected chi connectivity index (χ3v) is 17.0. The van der Waals surface area contributed by atoms with Gasteiger partial charge in [0.25, 0.3) is 0 Å². The lowest BCUT2D eigenvalue weighted by atomic mass is 9.33. The van der Waals surface area contributed by atoms with E-state index in [2.05, 4.69) is 47.6 Å². The van der Waals surface area contributed by atoms with Crippen LogP contribution in [0.2, 0.25) is 0 Å². The summed E-state index contributed by atoms with van der Waals surface area (Å²) in [5.74, 6) is -1.85. The lowest BCUT2D eigenvalue weighted by Crippen LogP contribution is -2.68. The van der Waals surface area contributed by atoms with Crippen LogP contribution in [0.5, 0.6) is 0 Å². The Morgan fingerprint density at radius 3 is 2.07 bits per heavy atom. The van der Waals surface area contributed by atoms with E-state index in [1.165, 1.54) is 0 Å². The average molecular weight is 795 g/mol. The number of hydrogen-bond acceptors (Lipinski definition) is 13. The van der Waals surface area contributed by atoms with Gasteiger partial charge in [0.1, 0.15) is 42.7 Å². The molecule has 0 bridgehead atoms. The molecule has 4 saturated carbocycles. The lowest BCUT2D eigenvalue weighted by molar-refractivity contribution is -0.324. The van der Waals surface area contributed by atoms with E-state index in [-0.39, 0.29) is 41.6 Å². The predicted octanol–water partition coefficient (Wildman–Crippen LogP) is 2.41. The van der Waals surface area contributed by atoms with E-state index in [0.717, 1.165) is 18.4 Å². The first-order valence-electron chi connectivity index (χ1n) is 20.8. The van der Waals surface area contributed by atoms with Crippen LogP contribution < -0.4 is 0 Å². The van der Waals surface area contributed by atoms with Crippen molar-refractivity contribution < 1.29 is 69.4 Å². The van der Waals surface area contributed by atoms with Gasteiger partial charge in [-0.3, -0.25) is 9.59 Å². The van der Waals surface area contributed by atoms with E-state index < -0.39 is 108 Å². The van der Waals surface area contributed by atoms with Gasteiger partial charge in [-0.05, 0) is 111 Å². The van der Waals surface area contributed by atoms with Crippen molar-refractivity contribution in [1.29, 1.82) is 0 Å². The number of carbonyl (C=O) groups is 2. The largest absolute Gasteiger partial charge is 0.481 e. The van der Waals surface area contributed by atoms with Crippen LogP contribution in [0.25, 0.3) is 0 Å². The molecule has 14 nitrogen and oxygen atoms in total. The van der Waals surface area contributed by atoms with E-state index in [4.69, 9.17) is 18.9 Å². The van der Waals surface area contributed by atoms with Gasteiger partial charge in [0.15, 0.2) is 6.29 Å². The minimum Gasteiger partial charge on any atom is -0.481 e. The van der Waals surface area contributed by atoms with Crippen molar-refractivity contribution in [3.8, 4) is 0 Å². The molecule has 2 heterocycles. The maximum absolute atomic E-state index is 14.6. The Labute approximate surface area is 329 Å². The molecule has 2 aliphatic heterocycles. The van der Waals surface area contributed by atoms with E-state index >= 15 is 0 Å². The second-order valence-corrected chi connectivity index (χ2v) is 20.5. The summed E-state index contributed by atoms with van der Waals surface area (Å²) in [5.41, 5.74) is -3.13. The number of rotatable bonds is 6. The second-order valence-electron chi connectivity index (χ2n) is 20.5. The Morgan fingerprint density at radius 2 is 1.41 bits per heavy atom. The first kappa shape index (κ1) is 42.4. The second kappa shape index (κ2) is 14.2. The van der Waals surface area contributed by atoms with E-state index in [1.54, 1.807) is 6.92 Å². The number of carboxylic acid groups (broad SMARTS) is 1. The molecule has 0 spiro atoms. The molecular formula is C42H66O14. The van der Waals surface area contributed by atoms with Gasteiger partial charge < -0.3 is 59.8 Å². The predicted molar refractivity (Wildman–Crippen MR) is 198 cm³/mol. The number of fused-ring (bicyclic) bond motifs is 7.